The standard InChI is InChI=1S/C20H23ClN2O3/c1-14(20(25)22-2)23(13-16-6-10-18(26-3)11-7-16)19(24)12-15-4-8-17(21)9-5-15/h4-11,14H,12-13H2,1-3H3,(H,22,25)/t14-/m1/s1. The number of nitrogens with zero attached hydrogens (tertiary/aromatic N) is 1. The van der Waals surface area contributed by atoms with Crippen LogP contribution in [0.5, 0.6) is 5.75 Å². The molecule has 0 aliphatic carbocycles. The Morgan fingerprint density at radius 1 is 1.08 bits per heavy atom. The van der Waals surface area contributed by atoms with E-state index in [0.717, 1.165) is 16.9 Å². The third-order valence-corrected chi connectivity index (χ3v) is 4.45. The van der Waals surface area contributed by atoms with Crippen LogP contribution in [0.3, 0.4) is 0 Å². The molecule has 138 valence electrons. The lowest BCUT2D eigenvalue weighted by molar-refractivity contribution is -0.139. The highest BCUT2D eigenvalue weighted by molar-refractivity contribution is 6.30. The number of halogens is 1. The Bertz CT molecular complexity index is 745. The number of benzene rings is 2. The summed E-state index contributed by atoms with van der Waals surface area (Å²) >= 11 is 5.90. The van der Waals surface area contributed by atoms with Crippen molar-refractivity contribution >= 4 is 23.4 Å². The topological polar surface area (TPSA) is 58.6 Å². The number of hydrogen-bond acceptors (Lipinski definition) is 3. The monoisotopic (exact) mass is 374 g/mol. The molecule has 0 aliphatic rings. The first-order valence-corrected chi connectivity index (χ1v) is 8.71. The molecule has 0 bridgehead atoms. The van der Waals surface area contributed by atoms with Gasteiger partial charge in [0.15, 0.2) is 0 Å². The lowest BCUT2D eigenvalue weighted by atomic mass is 10.1. The van der Waals surface area contributed by atoms with Crippen LogP contribution in [0, 0.1) is 0 Å². The van der Waals surface area contributed by atoms with Gasteiger partial charge in [-0.2, -0.15) is 0 Å². The molecule has 2 rings (SSSR count). The number of ether oxygens (including phenoxy) is 1. The first-order valence-electron chi connectivity index (χ1n) is 8.33. The Labute approximate surface area is 158 Å². The van der Waals surface area contributed by atoms with Crippen LogP contribution >= 0.6 is 11.6 Å². The van der Waals surface area contributed by atoms with E-state index in [2.05, 4.69) is 5.32 Å². The molecule has 5 nitrogen and oxygen atoms in total. The maximum atomic E-state index is 12.9. The molecule has 0 unspecified atom stereocenters. The van der Waals surface area contributed by atoms with Gasteiger partial charge in [0.1, 0.15) is 11.8 Å². The van der Waals surface area contributed by atoms with Gasteiger partial charge < -0.3 is 15.0 Å². The zero-order chi connectivity index (χ0) is 19.1. The molecule has 0 radical (unpaired) electrons. The number of carbonyl (C=O) groups excluding carboxylic acids is 2. The minimum Gasteiger partial charge on any atom is -0.497 e. The van der Waals surface area contributed by atoms with Crippen molar-refractivity contribution in [2.45, 2.75) is 25.9 Å². The first kappa shape index (κ1) is 19.8. The lowest BCUT2D eigenvalue weighted by Crippen LogP contribution is -2.47. The zero-order valence-electron chi connectivity index (χ0n) is 15.2. The van der Waals surface area contributed by atoms with Gasteiger partial charge in [-0.3, -0.25) is 9.59 Å². The van der Waals surface area contributed by atoms with Crippen molar-refractivity contribution in [3.63, 3.8) is 0 Å². The quantitative estimate of drug-likeness (QED) is 0.810. The third-order valence-electron chi connectivity index (χ3n) is 4.19. The molecule has 1 N–H and O–H groups in total. The lowest BCUT2D eigenvalue weighted by Gasteiger charge is -2.28. The number of methoxy groups -OCH3 is 1. The van der Waals surface area contributed by atoms with Crippen LogP contribution in [0.15, 0.2) is 48.5 Å². The second-order valence-electron chi connectivity index (χ2n) is 5.96. The minimum atomic E-state index is -0.582. The van der Waals surface area contributed by atoms with Crippen molar-refractivity contribution in [2.24, 2.45) is 0 Å². The fourth-order valence-electron chi connectivity index (χ4n) is 2.60. The van der Waals surface area contributed by atoms with Crippen LogP contribution in [0.25, 0.3) is 0 Å². The Morgan fingerprint density at radius 2 is 1.65 bits per heavy atom. The molecule has 0 heterocycles. The Hall–Kier alpha value is -2.53. The largest absolute Gasteiger partial charge is 0.497 e. The number of amides is 2. The molecule has 6 heteroatoms. The van der Waals surface area contributed by atoms with Crippen LogP contribution in [0.2, 0.25) is 5.02 Å². The molecule has 0 aliphatic heterocycles. The van der Waals surface area contributed by atoms with Crippen LogP contribution in [0.4, 0.5) is 0 Å². The summed E-state index contributed by atoms with van der Waals surface area (Å²) in [4.78, 5) is 26.6. The van der Waals surface area contributed by atoms with Gasteiger partial charge in [-0.25, -0.2) is 0 Å². The van der Waals surface area contributed by atoms with Gasteiger partial charge in [-0.05, 0) is 42.3 Å². The molecule has 1 atom stereocenters. The van der Waals surface area contributed by atoms with Gasteiger partial charge in [0.25, 0.3) is 0 Å². The van der Waals surface area contributed by atoms with Gasteiger partial charge in [0.05, 0.1) is 13.5 Å². The summed E-state index contributed by atoms with van der Waals surface area (Å²) in [5, 5.41) is 3.23. The van der Waals surface area contributed by atoms with Crippen molar-refractivity contribution < 1.29 is 14.3 Å². The second kappa shape index (κ2) is 9.25. The van der Waals surface area contributed by atoms with E-state index in [-0.39, 0.29) is 18.2 Å². The number of carbonyl (C=O) groups is 2. The van der Waals surface area contributed by atoms with Crippen molar-refractivity contribution in [1.82, 2.24) is 10.2 Å². The molecule has 0 saturated heterocycles. The van der Waals surface area contributed by atoms with E-state index in [1.807, 2.05) is 36.4 Å². The van der Waals surface area contributed by atoms with Crippen molar-refractivity contribution in [3.05, 3.63) is 64.7 Å². The van der Waals surface area contributed by atoms with E-state index < -0.39 is 6.04 Å². The van der Waals surface area contributed by atoms with Crippen LogP contribution < -0.4 is 10.1 Å². The number of nitrogens with one attached hydrogen (secondary N) is 1. The van der Waals surface area contributed by atoms with Gasteiger partial charge >= 0.3 is 0 Å². The molecule has 0 saturated carbocycles. The zero-order valence-corrected chi connectivity index (χ0v) is 15.9. The molecule has 0 aromatic heterocycles. The summed E-state index contributed by atoms with van der Waals surface area (Å²) < 4.78 is 5.16. The molecule has 0 spiro atoms. The first-order chi connectivity index (χ1) is 12.4. The molecule has 2 aromatic carbocycles. The Morgan fingerprint density at radius 3 is 2.19 bits per heavy atom. The predicted octanol–water partition coefficient (Wildman–Crippen LogP) is 3.05. The van der Waals surface area contributed by atoms with Gasteiger partial charge in [0.2, 0.25) is 11.8 Å². The Balaban J connectivity index is 2.19. The van der Waals surface area contributed by atoms with E-state index in [1.54, 1.807) is 38.1 Å². The van der Waals surface area contributed by atoms with E-state index in [0.29, 0.717) is 11.6 Å². The smallest absolute Gasteiger partial charge is 0.242 e. The summed E-state index contributed by atoms with van der Waals surface area (Å²) in [6.45, 7) is 2.06. The summed E-state index contributed by atoms with van der Waals surface area (Å²) in [6.07, 6.45) is 0.203. The number of hydrogen-bond donors (Lipinski definition) is 1. The highest BCUT2D eigenvalue weighted by Crippen LogP contribution is 2.17. The maximum Gasteiger partial charge on any atom is 0.242 e. The fourth-order valence-corrected chi connectivity index (χ4v) is 2.72. The van der Waals surface area contributed by atoms with E-state index >= 15 is 0 Å². The Kier molecular flexibility index (Phi) is 7.04. The molecule has 26 heavy (non-hydrogen) atoms. The third kappa shape index (κ3) is 5.23. The predicted molar refractivity (Wildman–Crippen MR) is 102 cm³/mol. The van der Waals surface area contributed by atoms with Crippen molar-refractivity contribution in [1.29, 1.82) is 0 Å². The van der Waals surface area contributed by atoms with E-state index in [1.165, 1.54) is 0 Å². The van der Waals surface area contributed by atoms with Crippen molar-refractivity contribution in [3.8, 4) is 5.75 Å². The van der Waals surface area contributed by atoms with Crippen LogP contribution in [-0.4, -0.2) is 36.9 Å². The normalized spacial score (nSPS) is 11.5. The highest BCUT2D eigenvalue weighted by Gasteiger charge is 2.25. The molecule has 0 fully saturated rings. The summed E-state index contributed by atoms with van der Waals surface area (Å²) in [5.41, 5.74) is 1.77. The minimum absolute atomic E-state index is 0.126. The highest BCUT2D eigenvalue weighted by atomic mass is 35.5. The molecule has 2 amide bonds. The maximum absolute atomic E-state index is 12.9. The van der Waals surface area contributed by atoms with Gasteiger partial charge in [0, 0.05) is 18.6 Å². The van der Waals surface area contributed by atoms with Crippen LogP contribution in [0.1, 0.15) is 18.1 Å². The average Bonchev–Trinajstić information content (AvgIpc) is 2.67. The van der Waals surface area contributed by atoms with Crippen LogP contribution in [-0.2, 0) is 22.6 Å². The van der Waals surface area contributed by atoms with Crippen molar-refractivity contribution in [2.75, 3.05) is 14.2 Å². The SMILES string of the molecule is CNC(=O)[C@@H](C)N(Cc1ccc(OC)cc1)C(=O)Cc1ccc(Cl)cc1. The molecular formula is C20H23ClN2O3. The second-order valence-corrected chi connectivity index (χ2v) is 6.40. The average molecular weight is 375 g/mol. The van der Waals surface area contributed by atoms with Gasteiger partial charge in [-0.15, -0.1) is 0 Å². The molecule has 2 aromatic rings. The molecular weight excluding hydrogens is 352 g/mol. The fraction of sp³-hybridized carbons (Fsp3) is 0.300. The number of likely N-dealkylation sites (N-methyl/N-ethyl adjacent to an activating group) is 1. The summed E-state index contributed by atoms with van der Waals surface area (Å²) in [6, 6.07) is 14.0. The summed E-state index contributed by atoms with van der Waals surface area (Å²) in [7, 11) is 3.17. The van der Waals surface area contributed by atoms with Gasteiger partial charge in [-0.1, -0.05) is 35.9 Å². The summed E-state index contributed by atoms with van der Waals surface area (Å²) in [5.74, 6) is 0.411. The van der Waals surface area contributed by atoms with E-state index in [4.69, 9.17) is 16.3 Å². The van der Waals surface area contributed by atoms with E-state index in [9.17, 15) is 9.59 Å². The number of rotatable bonds is 7.